The molecule has 1 aromatic rings. The highest BCUT2D eigenvalue weighted by Crippen LogP contribution is 2.41. The predicted molar refractivity (Wildman–Crippen MR) is 115 cm³/mol. The zero-order valence-electron chi connectivity index (χ0n) is 15.3. The third-order valence-corrected chi connectivity index (χ3v) is 5.97. The molecule has 1 unspecified atom stereocenters. The highest BCUT2D eigenvalue weighted by Gasteiger charge is 2.34. The van der Waals surface area contributed by atoms with E-state index in [0.29, 0.717) is 6.54 Å². The molecule has 1 atom stereocenters. The summed E-state index contributed by atoms with van der Waals surface area (Å²) in [6, 6.07) is 4.40. The first-order chi connectivity index (χ1) is 11.6. The molecule has 0 saturated heterocycles. The molecule has 1 aromatic heterocycles. The SMILES string of the molecule is CN=C(NCC(C)C(=O)OC)NCC1(c2cccs2)CCCCC1.I. The van der Waals surface area contributed by atoms with Crippen molar-refractivity contribution < 1.29 is 9.53 Å². The van der Waals surface area contributed by atoms with Gasteiger partial charge in [0.15, 0.2) is 5.96 Å². The zero-order chi connectivity index (χ0) is 17.4. The first-order valence-corrected chi connectivity index (χ1v) is 9.55. The van der Waals surface area contributed by atoms with E-state index in [-0.39, 0.29) is 41.3 Å². The molecule has 1 saturated carbocycles. The van der Waals surface area contributed by atoms with Crippen LogP contribution in [0.25, 0.3) is 0 Å². The topological polar surface area (TPSA) is 62.7 Å². The zero-order valence-corrected chi connectivity index (χ0v) is 18.5. The Bertz CT molecular complexity index is 543. The van der Waals surface area contributed by atoms with Crippen LogP contribution in [0, 0.1) is 5.92 Å². The number of guanidine groups is 1. The van der Waals surface area contributed by atoms with E-state index < -0.39 is 0 Å². The number of aliphatic imine (C=N–C) groups is 1. The van der Waals surface area contributed by atoms with Crippen LogP contribution in [-0.2, 0) is 14.9 Å². The number of ether oxygens (including phenoxy) is 1. The van der Waals surface area contributed by atoms with Gasteiger partial charge in [-0.1, -0.05) is 32.3 Å². The number of carbonyl (C=O) groups excluding carboxylic acids is 1. The van der Waals surface area contributed by atoms with Crippen LogP contribution in [0.15, 0.2) is 22.5 Å². The van der Waals surface area contributed by atoms with Crippen LogP contribution in [0.5, 0.6) is 0 Å². The second-order valence-electron chi connectivity index (χ2n) is 6.55. The second kappa shape index (κ2) is 11.0. The molecule has 7 heteroatoms. The largest absolute Gasteiger partial charge is 0.469 e. The molecule has 1 aliphatic carbocycles. The van der Waals surface area contributed by atoms with Gasteiger partial charge in [-0.2, -0.15) is 0 Å². The Balaban J connectivity index is 0.00000312. The summed E-state index contributed by atoms with van der Waals surface area (Å²) in [6.45, 7) is 3.23. The summed E-state index contributed by atoms with van der Waals surface area (Å²) in [7, 11) is 3.18. The van der Waals surface area contributed by atoms with E-state index in [9.17, 15) is 4.79 Å². The van der Waals surface area contributed by atoms with Crippen molar-refractivity contribution in [3.05, 3.63) is 22.4 Å². The minimum Gasteiger partial charge on any atom is -0.469 e. The maximum absolute atomic E-state index is 11.5. The number of hydrogen-bond donors (Lipinski definition) is 2. The molecule has 25 heavy (non-hydrogen) atoms. The van der Waals surface area contributed by atoms with E-state index in [1.54, 1.807) is 7.05 Å². The maximum atomic E-state index is 11.5. The lowest BCUT2D eigenvalue weighted by Crippen LogP contribution is -2.47. The lowest BCUT2D eigenvalue weighted by Gasteiger charge is -2.37. The number of carbonyl (C=O) groups is 1. The molecule has 1 heterocycles. The fourth-order valence-corrected chi connectivity index (χ4v) is 4.31. The number of rotatable bonds is 6. The van der Waals surface area contributed by atoms with Crippen molar-refractivity contribution in [1.29, 1.82) is 0 Å². The van der Waals surface area contributed by atoms with Crippen LogP contribution in [0.1, 0.15) is 43.9 Å². The molecule has 0 aliphatic heterocycles. The van der Waals surface area contributed by atoms with E-state index >= 15 is 0 Å². The van der Waals surface area contributed by atoms with Gasteiger partial charge in [-0.25, -0.2) is 0 Å². The third kappa shape index (κ3) is 6.13. The molecular weight excluding hydrogens is 449 g/mol. The summed E-state index contributed by atoms with van der Waals surface area (Å²) in [5, 5.41) is 8.87. The van der Waals surface area contributed by atoms with Gasteiger partial charge in [-0.3, -0.25) is 9.79 Å². The first kappa shape index (κ1) is 22.2. The maximum Gasteiger partial charge on any atom is 0.310 e. The van der Waals surface area contributed by atoms with Gasteiger partial charge >= 0.3 is 5.97 Å². The van der Waals surface area contributed by atoms with Gasteiger partial charge in [0.05, 0.1) is 13.0 Å². The highest BCUT2D eigenvalue weighted by atomic mass is 127. The number of halogens is 1. The van der Waals surface area contributed by atoms with Crippen molar-refractivity contribution in [3.63, 3.8) is 0 Å². The van der Waals surface area contributed by atoms with Crippen molar-refractivity contribution in [1.82, 2.24) is 10.6 Å². The van der Waals surface area contributed by atoms with Gasteiger partial charge in [-0.15, -0.1) is 35.3 Å². The predicted octanol–water partition coefficient (Wildman–Crippen LogP) is 3.54. The lowest BCUT2D eigenvalue weighted by atomic mass is 9.73. The lowest BCUT2D eigenvalue weighted by molar-refractivity contribution is -0.144. The van der Waals surface area contributed by atoms with E-state index in [1.807, 2.05) is 18.3 Å². The van der Waals surface area contributed by atoms with Crippen LogP contribution >= 0.6 is 35.3 Å². The molecule has 1 fully saturated rings. The van der Waals surface area contributed by atoms with Gasteiger partial charge in [0.1, 0.15) is 0 Å². The van der Waals surface area contributed by atoms with Crippen molar-refractivity contribution in [3.8, 4) is 0 Å². The molecule has 0 amide bonds. The van der Waals surface area contributed by atoms with Gasteiger partial charge in [0.25, 0.3) is 0 Å². The molecule has 0 aromatic carbocycles. The summed E-state index contributed by atoms with van der Waals surface area (Å²) >= 11 is 1.85. The summed E-state index contributed by atoms with van der Waals surface area (Å²) in [5.74, 6) is 0.335. The molecule has 2 rings (SSSR count). The van der Waals surface area contributed by atoms with Gasteiger partial charge in [0, 0.05) is 30.4 Å². The molecule has 0 bridgehead atoms. The monoisotopic (exact) mass is 479 g/mol. The Labute approximate surface area is 172 Å². The molecule has 142 valence electrons. The van der Waals surface area contributed by atoms with Crippen LogP contribution in [0.2, 0.25) is 0 Å². The smallest absolute Gasteiger partial charge is 0.310 e. The van der Waals surface area contributed by atoms with E-state index in [1.165, 1.54) is 44.1 Å². The Hall–Kier alpha value is -0.830. The normalized spacial score (nSPS) is 18.0. The third-order valence-electron chi connectivity index (χ3n) is 4.85. The van der Waals surface area contributed by atoms with E-state index in [4.69, 9.17) is 4.74 Å². The molecule has 1 aliphatic rings. The molecule has 5 nitrogen and oxygen atoms in total. The second-order valence-corrected chi connectivity index (χ2v) is 7.50. The van der Waals surface area contributed by atoms with Gasteiger partial charge in [0.2, 0.25) is 0 Å². The standard InChI is InChI=1S/C18H29N3O2S.HI/c1-14(16(22)23-3)12-20-17(19-2)21-13-18(9-5-4-6-10-18)15-8-7-11-24-15;/h7-8,11,14H,4-6,9-10,12-13H2,1-3H3,(H2,19,20,21);1H. The summed E-state index contributed by atoms with van der Waals surface area (Å²) in [5.41, 5.74) is 0.206. The number of thiophene rings is 1. The molecule has 0 radical (unpaired) electrons. The van der Waals surface area contributed by atoms with Crippen LogP contribution in [0.4, 0.5) is 0 Å². The fraction of sp³-hybridized carbons (Fsp3) is 0.667. The fourth-order valence-electron chi connectivity index (χ4n) is 3.33. The molecule has 0 spiro atoms. The number of esters is 1. The summed E-state index contributed by atoms with van der Waals surface area (Å²) in [6.07, 6.45) is 6.33. The number of methoxy groups -OCH3 is 1. The minimum atomic E-state index is -0.208. The number of nitrogens with one attached hydrogen (secondary N) is 2. The number of nitrogens with zero attached hydrogens (tertiary/aromatic N) is 1. The van der Waals surface area contributed by atoms with Crippen molar-refractivity contribution in [2.75, 3.05) is 27.2 Å². The van der Waals surface area contributed by atoms with Crippen LogP contribution in [0.3, 0.4) is 0 Å². The van der Waals surface area contributed by atoms with Crippen molar-refractivity contribution in [2.45, 2.75) is 44.4 Å². The average Bonchev–Trinajstić information content (AvgIpc) is 3.17. The van der Waals surface area contributed by atoms with Crippen molar-refractivity contribution >= 4 is 47.2 Å². The van der Waals surface area contributed by atoms with Crippen LogP contribution in [-0.4, -0.2) is 39.2 Å². The quantitative estimate of drug-likeness (QED) is 0.284. The van der Waals surface area contributed by atoms with E-state index in [2.05, 4.69) is 33.1 Å². The Kier molecular flexibility index (Phi) is 9.78. The summed E-state index contributed by atoms with van der Waals surface area (Å²) in [4.78, 5) is 17.3. The molecular formula is C18H30IN3O2S. The Morgan fingerprint density at radius 2 is 2.08 bits per heavy atom. The summed E-state index contributed by atoms with van der Waals surface area (Å²) < 4.78 is 4.76. The Morgan fingerprint density at radius 1 is 1.36 bits per heavy atom. The van der Waals surface area contributed by atoms with Crippen molar-refractivity contribution in [2.24, 2.45) is 10.9 Å². The highest BCUT2D eigenvalue weighted by molar-refractivity contribution is 14.0. The average molecular weight is 479 g/mol. The van der Waals surface area contributed by atoms with Gasteiger partial charge < -0.3 is 15.4 Å². The van der Waals surface area contributed by atoms with Crippen LogP contribution < -0.4 is 10.6 Å². The first-order valence-electron chi connectivity index (χ1n) is 8.67. The number of hydrogen-bond acceptors (Lipinski definition) is 4. The Morgan fingerprint density at radius 3 is 2.64 bits per heavy atom. The van der Waals surface area contributed by atoms with Gasteiger partial charge in [-0.05, 0) is 24.3 Å². The minimum absolute atomic E-state index is 0. The molecule has 2 N–H and O–H groups in total. The van der Waals surface area contributed by atoms with E-state index in [0.717, 1.165) is 12.5 Å².